The molecule has 0 spiro atoms. The number of halogens is 2. The van der Waals surface area contributed by atoms with Crippen molar-refractivity contribution < 1.29 is 13.9 Å². The van der Waals surface area contributed by atoms with E-state index in [9.17, 15) is 9.18 Å². The van der Waals surface area contributed by atoms with Gasteiger partial charge in [-0.25, -0.2) is 4.39 Å². The van der Waals surface area contributed by atoms with Gasteiger partial charge in [0, 0.05) is 12.6 Å². The van der Waals surface area contributed by atoms with Crippen molar-refractivity contribution in [2.24, 2.45) is 0 Å². The van der Waals surface area contributed by atoms with E-state index >= 15 is 0 Å². The smallest absolute Gasteiger partial charge is 0.244 e. The molecule has 0 aliphatic heterocycles. The van der Waals surface area contributed by atoms with Crippen molar-refractivity contribution in [1.29, 1.82) is 0 Å². The highest BCUT2D eigenvalue weighted by atomic mass is 35.5. The quantitative estimate of drug-likeness (QED) is 0.815. The van der Waals surface area contributed by atoms with E-state index in [1.807, 2.05) is 12.1 Å². The van der Waals surface area contributed by atoms with Crippen LogP contribution in [0, 0.1) is 5.82 Å². The zero-order chi connectivity index (χ0) is 16.7. The van der Waals surface area contributed by atoms with Crippen LogP contribution in [0.3, 0.4) is 0 Å². The maximum absolute atomic E-state index is 13.0. The molecular formula is C18H17ClFNO2. The average molecular weight is 334 g/mol. The Balaban J connectivity index is 1.82. The number of methoxy groups -OCH3 is 1. The van der Waals surface area contributed by atoms with E-state index in [-0.39, 0.29) is 11.7 Å². The van der Waals surface area contributed by atoms with Gasteiger partial charge >= 0.3 is 0 Å². The summed E-state index contributed by atoms with van der Waals surface area (Å²) in [5.74, 6) is 0.0651. The number of benzene rings is 2. The summed E-state index contributed by atoms with van der Waals surface area (Å²) in [4.78, 5) is 11.7. The average Bonchev–Trinajstić information content (AvgIpc) is 2.53. The molecule has 0 aliphatic rings. The second-order valence-corrected chi connectivity index (χ2v) is 5.31. The molecule has 2 aromatic carbocycles. The lowest BCUT2D eigenvalue weighted by molar-refractivity contribution is -0.116. The van der Waals surface area contributed by atoms with E-state index in [2.05, 4.69) is 5.32 Å². The molecule has 0 atom stereocenters. The highest BCUT2D eigenvalue weighted by Crippen LogP contribution is 2.24. The third-order valence-electron chi connectivity index (χ3n) is 3.20. The minimum atomic E-state index is -0.330. The normalized spacial score (nSPS) is 10.7. The maximum atomic E-state index is 13.0. The van der Waals surface area contributed by atoms with E-state index in [1.54, 1.807) is 31.4 Å². The number of carbonyl (C=O) groups excluding carboxylic acids is 1. The SMILES string of the molecule is COc1ccc(CCNC(=O)/C=C/c2cccc(F)c2)cc1Cl. The molecule has 1 N–H and O–H groups in total. The van der Waals surface area contributed by atoms with E-state index in [1.165, 1.54) is 18.2 Å². The van der Waals surface area contributed by atoms with Gasteiger partial charge in [-0.15, -0.1) is 0 Å². The van der Waals surface area contributed by atoms with E-state index in [0.717, 1.165) is 5.56 Å². The fourth-order valence-corrected chi connectivity index (χ4v) is 2.32. The van der Waals surface area contributed by atoms with Gasteiger partial charge in [-0.3, -0.25) is 4.79 Å². The third kappa shape index (κ3) is 5.42. The first-order valence-electron chi connectivity index (χ1n) is 7.12. The van der Waals surface area contributed by atoms with Crippen molar-refractivity contribution in [2.75, 3.05) is 13.7 Å². The molecule has 0 saturated carbocycles. The van der Waals surface area contributed by atoms with Gasteiger partial charge in [-0.1, -0.05) is 29.8 Å². The van der Waals surface area contributed by atoms with Gasteiger partial charge in [0.25, 0.3) is 0 Å². The third-order valence-corrected chi connectivity index (χ3v) is 3.50. The molecule has 0 aliphatic carbocycles. The summed E-state index contributed by atoms with van der Waals surface area (Å²) in [6.07, 6.45) is 3.61. The Bertz CT molecular complexity index is 716. The molecule has 2 rings (SSSR count). The number of amides is 1. The van der Waals surface area contributed by atoms with Crippen LogP contribution in [0.25, 0.3) is 6.08 Å². The van der Waals surface area contributed by atoms with Gasteiger partial charge in [0.2, 0.25) is 5.91 Å². The Labute approximate surface area is 139 Å². The van der Waals surface area contributed by atoms with Gasteiger partial charge < -0.3 is 10.1 Å². The topological polar surface area (TPSA) is 38.3 Å². The summed E-state index contributed by atoms with van der Waals surface area (Å²) in [5, 5.41) is 3.31. The molecule has 3 nitrogen and oxygen atoms in total. The minimum Gasteiger partial charge on any atom is -0.495 e. The van der Waals surface area contributed by atoms with Crippen LogP contribution in [0.1, 0.15) is 11.1 Å². The second kappa shape index (κ2) is 8.34. The first-order chi connectivity index (χ1) is 11.1. The molecular weight excluding hydrogens is 317 g/mol. The maximum Gasteiger partial charge on any atom is 0.244 e. The number of carbonyl (C=O) groups is 1. The number of nitrogens with one attached hydrogen (secondary N) is 1. The van der Waals surface area contributed by atoms with E-state index < -0.39 is 0 Å². The number of hydrogen-bond acceptors (Lipinski definition) is 2. The van der Waals surface area contributed by atoms with Crippen molar-refractivity contribution in [3.8, 4) is 5.75 Å². The van der Waals surface area contributed by atoms with Crippen LogP contribution in [0.5, 0.6) is 5.75 Å². The van der Waals surface area contributed by atoms with Gasteiger partial charge in [0.05, 0.1) is 12.1 Å². The molecule has 0 bridgehead atoms. The fraction of sp³-hybridized carbons (Fsp3) is 0.167. The van der Waals surface area contributed by atoms with Gasteiger partial charge in [0.15, 0.2) is 0 Å². The fourth-order valence-electron chi connectivity index (χ4n) is 2.04. The monoisotopic (exact) mass is 333 g/mol. The summed E-state index contributed by atoms with van der Waals surface area (Å²) in [6, 6.07) is 11.6. The minimum absolute atomic E-state index is 0.228. The Morgan fingerprint density at radius 1 is 1.30 bits per heavy atom. The largest absolute Gasteiger partial charge is 0.495 e. The van der Waals surface area contributed by atoms with E-state index in [4.69, 9.17) is 16.3 Å². The van der Waals surface area contributed by atoms with E-state index in [0.29, 0.717) is 29.3 Å². The molecule has 0 fully saturated rings. The molecule has 5 heteroatoms. The number of ether oxygens (including phenoxy) is 1. The van der Waals surface area contributed by atoms with Crippen molar-refractivity contribution in [3.63, 3.8) is 0 Å². The Hall–Kier alpha value is -2.33. The molecule has 120 valence electrons. The van der Waals surface area contributed by atoms with Crippen molar-refractivity contribution in [1.82, 2.24) is 5.32 Å². The molecule has 0 unspecified atom stereocenters. The first-order valence-corrected chi connectivity index (χ1v) is 7.50. The van der Waals surface area contributed by atoms with Crippen LogP contribution < -0.4 is 10.1 Å². The summed E-state index contributed by atoms with van der Waals surface area (Å²) in [5.41, 5.74) is 1.65. The van der Waals surface area contributed by atoms with Crippen LogP contribution in [0.15, 0.2) is 48.5 Å². The van der Waals surface area contributed by atoms with Crippen molar-refractivity contribution in [3.05, 3.63) is 70.5 Å². The highest BCUT2D eigenvalue weighted by Gasteiger charge is 2.02. The lowest BCUT2D eigenvalue weighted by Gasteiger charge is -2.06. The van der Waals surface area contributed by atoms with Gasteiger partial charge in [-0.05, 0) is 47.9 Å². The summed E-state index contributed by atoms with van der Waals surface area (Å²) in [6.45, 7) is 0.481. The van der Waals surface area contributed by atoms with Gasteiger partial charge in [-0.2, -0.15) is 0 Å². The Morgan fingerprint density at radius 2 is 2.13 bits per heavy atom. The second-order valence-electron chi connectivity index (χ2n) is 4.90. The Kier molecular flexibility index (Phi) is 6.18. The Morgan fingerprint density at radius 3 is 2.83 bits per heavy atom. The summed E-state index contributed by atoms with van der Waals surface area (Å²) in [7, 11) is 1.56. The molecule has 0 aromatic heterocycles. The molecule has 0 saturated heterocycles. The predicted molar refractivity (Wildman–Crippen MR) is 90.2 cm³/mol. The molecule has 0 heterocycles. The zero-order valence-corrected chi connectivity index (χ0v) is 13.4. The standard InChI is InChI=1S/C18H17ClFNO2/c1-23-17-7-5-14(12-16(17)19)9-10-21-18(22)8-6-13-3-2-4-15(20)11-13/h2-8,11-12H,9-10H2,1H3,(H,21,22)/b8-6+. The predicted octanol–water partition coefficient (Wildman–Crippen LogP) is 3.86. The lowest BCUT2D eigenvalue weighted by Crippen LogP contribution is -2.23. The summed E-state index contributed by atoms with van der Waals surface area (Å²) < 4.78 is 18.1. The van der Waals surface area contributed by atoms with Crippen LogP contribution in [-0.2, 0) is 11.2 Å². The van der Waals surface area contributed by atoms with Crippen LogP contribution in [0.2, 0.25) is 5.02 Å². The molecule has 2 aromatic rings. The lowest BCUT2D eigenvalue weighted by atomic mass is 10.1. The number of rotatable bonds is 6. The zero-order valence-electron chi connectivity index (χ0n) is 12.7. The van der Waals surface area contributed by atoms with Crippen molar-refractivity contribution >= 4 is 23.6 Å². The first kappa shape index (κ1) is 17.0. The van der Waals surface area contributed by atoms with Crippen LogP contribution in [-0.4, -0.2) is 19.6 Å². The van der Waals surface area contributed by atoms with Crippen molar-refractivity contribution in [2.45, 2.75) is 6.42 Å². The molecule has 0 radical (unpaired) electrons. The number of hydrogen-bond donors (Lipinski definition) is 1. The summed E-state index contributed by atoms with van der Waals surface area (Å²) >= 11 is 6.05. The highest BCUT2D eigenvalue weighted by molar-refractivity contribution is 6.32. The molecule has 23 heavy (non-hydrogen) atoms. The van der Waals surface area contributed by atoms with Gasteiger partial charge in [0.1, 0.15) is 11.6 Å². The van der Waals surface area contributed by atoms with Crippen LogP contribution in [0.4, 0.5) is 4.39 Å². The van der Waals surface area contributed by atoms with Crippen LogP contribution >= 0.6 is 11.6 Å². The molecule has 1 amide bonds.